The molecule has 31 heavy (non-hydrogen) atoms. The van der Waals surface area contributed by atoms with Crippen LogP contribution in [0.15, 0.2) is 28.8 Å². The third kappa shape index (κ3) is 6.32. The molecule has 0 unspecified atom stereocenters. The van der Waals surface area contributed by atoms with Crippen LogP contribution in [0, 0.1) is 19.8 Å². The van der Waals surface area contributed by atoms with Crippen LogP contribution in [0.1, 0.15) is 62.1 Å². The monoisotopic (exact) mass is 428 g/mol. The van der Waals surface area contributed by atoms with Crippen molar-refractivity contribution in [3.8, 4) is 5.75 Å². The third-order valence-electron chi connectivity index (χ3n) is 5.95. The molecule has 1 saturated carbocycles. The molecule has 1 aromatic carbocycles. The minimum Gasteiger partial charge on any atom is -0.489 e. The van der Waals surface area contributed by atoms with Crippen LogP contribution in [-0.4, -0.2) is 29.2 Å². The van der Waals surface area contributed by atoms with E-state index in [9.17, 15) is 9.59 Å². The Bertz CT molecular complexity index is 870. The first-order valence-corrected chi connectivity index (χ1v) is 11.0. The Kier molecular flexibility index (Phi) is 7.71. The van der Waals surface area contributed by atoms with Crippen molar-refractivity contribution in [2.45, 2.75) is 78.6 Å². The molecule has 7 nitrogen and oxygen atoms in total. The first kappa shape index (κ1) is 22.8. The summed E-state index contributed by atoms with van der Waals surface area (Å²) in [5, 5.41) is 6.95. The number of carbonyl (C=O) groups is 2. The average Bonchev–Trinajstić information content (AvgIpc) is 3.06. The second-order valence-corrected chi connectivity index (χ2v) is 8.42. The number of ether oxygens (including phenoxy) is 2. The summed E-state index contributed by atoms with van der Waals surface area (Å²) in [6, 6.07) is 7.42. The van der Waals surface area contributed by atoms with Crippen molar-refractivity contribution in [3.63, 3.8) is 0 Å². The molecule has 0 saturated heterocycles. The molecular formula is C24H32N2O5. The Morgan fingerprint density at radius 1 is 1.19 bits per heavy atom. The number of aromatic nitrogens is 1. The summed E-state index contributed by atoms with van der Waals surface area (Å²) in [6.07, 6.45) is 3.74. The summed E-state index contributed by atoms with van der Waals surface area (Å²) in [5.74, 6) is 1.23. The van der Waals surface area contributed by atoms with Crippen molar-refractivity contribution >= 4 is 11.9 Å². The van der Waals surface area contributed by atoms with E-state index in [-0.39, 0.29) is 18.4 Å². The van der Waals surface area contributed by atoms with Crippen LogP contribution < -0.4 is 10.1 Å². The maximum Gasteiger partial charge on any atom is 0.311 e. The van der Waals surface area contributed by atoms with E-state index in [1.54, 1.807) is 19.1 Å². The second kappa shape index (κ2) is 10.5. The van der Waals surface area contributed by atoms with E-state index in [2.05, 4.69) is 17.4 Å². The smallest absolute Gasteiger partial charge is 0.311 e. The van der Waals surface area contributed by atoms with E-state index >= 15 is 0 Å². The van der Waals surface area contributed by atoms with Gasteiger partial charge in [0, 0.05) is 6.04 Å². The van der Waals surface area contributed by atoms with Gasteiger partial charge in [0.15, 0.2) is 6.10 Å². The summed E-state index contributed by atoms with van der Waals surface area (Å²) in [5.41, 5.74) is 2.54. The SMILES string of the molecule is Cc1noc(C)c1COc1ccc(CC(=O)O[C@H](C)C(=O)N[C@H]2CCCC[C@@H]2C)cc1. The van der Waals surface area contributed by atoms with Gasteiger partial charge >= 0.3 is 5.97 Å². The molecule has 0 radical (unpaired) electrons. The maximum atomic E-state index is 12.4. The van der Waals surface area contributed by atoms with Crippen molar-refractivity contribution in [1.82, 2.24) is 10.5 Å². The molecule has 2 aromatic rings. The highest BCUT2D eigenvalue weighted by Crippen LogP contribution is 2.24. The highest BCUT2D eigenvalue weighted by molar-refractivity contribution is 5.84. The average molecular weight is 429 g/mol. The van der Waals surface area contributed by atoms with Gasteiger partial charge in [-0.25, -0.2) is 0 Å². The minimum absolute atomic E-state index is 0.0988. The van der Waals surface area contributed by atoms with Gasteiger partial charge in [-0.1, -0.05) is 37.1 Å². The number of nitrogens with one attached hydrogen (secondary N) is 1. The molecule has 0 spiro atoms. The van der Waals surface area contributed by atoms with Gasteiger partial charge in [0.25, 0.3) is 5.91 Å². The van der Waals surface area contributed by atoms with Crippen molar-refractivity contribution in [2.24, 2.45) is 5.92 Å². The normalized spacial score (nSPS) is 19.5. The van der Waals surface area contributed by atoms with E-state index in [0.29, 0.717) is 18.3 Å². The number of rotatable bonds is 8. The number of benzene rings is 1. The third-order valence-corrected chi connectivity index (χ3v) is 5.95. The van der Waals surface area contributed by atoms with E-state index in [0.717, 1.165) is 41.8 Å². The molecule has 168 valence electrons. The summed E-state index contributed by atoms with van der Waals surface area (Å²) in [6.45, 7) is 7.87. The predicted octanol–water partition coefficient (Wildman–Crippen LogP) is 4.04. The van der Waals surface area contributed by atoms with Crippen LogP contribution in [-0.2, 0) is 27.4 Å². The summed E-state index contributed by atoms with van der Waals surface area (Å²) in [4.78, 5) is 24.7. The molecule has 1 heterocycles. The molecule has 0 bridgehead atoms. The number of hydrogen-bond acceptors (Lipinski definition) is 6. The van der Waals surface area contributed by atoms with Crippen molar-refractivity contribution in [1.29, 1.82) is 0 Å². The zero-order valence-electron chi connectivity index (χ0n) is 18.8. The Morgan fingerprint density at radius 3 is 2.55 bits per heavy atom. The molecular weight excluding hydrogens is 396 g/mol. The molecule has 3 rings (SSSR count). The van der Waals surface area contributed by atoms with Crippen molar-refractivity contribution in [2.75, 3.05) is 0 Å². The Labute approximate surface area is 183 Å². The Morgan fingerprint density at radius 2 is 1.90 bits per heavy atom. The van der Waals surface area contributed by atoms with Gasteiger partial charge in [-0.05, 0) is 57.2 Å². The predicted molar refractivity (Wildman–Crippen MR) is 116 cm³/mol. The van der Waals surface area contributed by atoms with Gasteiger partial charge in [0.2, 0.25) is 0 Å². The molecule has 1 N–H and O–H groups in total. The molecule has 0 aliphatic heterocycles. The lowest BCUT2D eigenvalue weighted by atomic mass is 9.86. The Balaban J connectivity index is 1.44. The highest BCUT2D eigenvalue weighted by atomic mass is 16.5. The fourth-order valence-electron chi connectivity index (χ4n) is 3.86. The molecule has 1 aliphatic carbocycles. The summed E-state index contributed by atoms with van der Waals surface area (Å²) < 4.78 is 16.3. The van der Waals surface area contributed by atoms with Gasteiger partial charge in [0.05, 0.1) is 17.7 Å². The van der Waals surface area contributed by atoms with E-state index in [1.165, 1.54) is 6.42 Å². The van der Waals surface area contributed by atoms with Crippen LogP contribution in [0.2, 0.25) is 0 Å². The molecule has 3 atom stereocenters. The molecule has 1 fully saturated rings. The largest absolute Gasteiger partial charge is 0.489 e. The van der Waals surface area contributed by atoms with E-state index in [4.69, 9.17) is 14.0 Å². The first-order chi connectivity index (χ1) is 14.8. The van der Waals surface area contributed by atoms with Gasteiger partial charge in [-0.15, -0.1) is 0 Å². The van der Waals surface area contributed by atoms with Gasteiger partial charge in [0.1, 0.15) is 18.1 Å². The summed E-state index contributed by atoms with van der Waals surface area (Å²) in [7, 11) is 0. The lowest BCUT2D eigenvalue weighted by Gasteiger charge is -2.30. The topological polar surface area (TPSA) is 90.7 Å². The Hall–Kier alpha value is -2.83. The first-order valence-electron chi connectivity index (χ1n) is 11.0. The maximum absolute atomic E-state index is 12.4. The lowest BCUT2D eigenvalue weighted by molar-refractivity contribution is -0.154. The van der Waals surface area contributed by atoms with E-state index < -0.39 is 12.1 Å². The van der Waals surface area contributed by atoms with Crippen LogP contribution in [0.5, 0.6) is 5.75 Å². The number of amides is 1. The fourth-order valence-corrected chi connectivity index (χ4v) is 3.86. The molecule has 1 amide bonds. The van der Waals surface area contributed by atoms with Crippen LogP contribution in [0.25, 0.3) is 0 Å². The lowest BCUT2D eigenvalue weighted by Crippen LogP contribution is -2.46. The standard InChI is InChI=1S/C24H32N2O5/c1-15-7-5-6-8-22(15)25-24(28)18(4)30-23(27)13-19-9-11-20(12-10-19)29-14-21-16(2)26-31-17(21)3/h9-12,15,18,22H,5-8,13-14H2,1-4H3,(H,25,28)/t15-,18+,22-/m0/s1. The molecule has 1 aliphatic rings. The number of nitrogens with zero attached hydrogens (tertiary/aromatic N) is 1. The van der Waals surface area contributed by atoms with Gasteiger partial charge in [-0.2, -0.15) is 0 Å². The van der Waals surface area contributed by atoms with Crippen LogP contribution >= 0.6 is 0 Å². The van der Waals surface area contributed by atoms with Crippen LogP contribution in [0.3, 0.4) is 0 Å². The fraction of sp³-hybridized carbons (Fsp3) is 0.542. The molecule has 7 heteroatoms. The highest BCUT2D eigenvalue weighted by Gasteiger charge is 2.26. The van der Waals surface area contributed by atoms with E-state index in [1.807, 2.05) is 26.0 Å². The number of carbonyl (C=O) groups excluding carboxylic acids is 2. The minimum atomic E-state index is -0.806. The summed E-state index contributed by atoms with van der Waals surface area (Å²) >= 11 is 0. The number of esters is 1. The van der Waals surface area contributed by atoms with Crippen molar-refractivity contribution < 1.29 is 23.6 Å². The van der Waals surface area contributed by atoms with Gasteiger partial charge < -0.3 is 19.3 Å². The zero-order valence-corrected chi connectivity index (χ0v) is 18.8. The van der Waals surface area contributed by atoms with Gasteiger partial charge in [-0.3, -0.25) is 9.59 Å². The number of aryl methyl sites for hydroxylation is 2. The zero-order chi connectivity index (χ0) is 22.4. The number of hydrogen-bond donors (Lipinski definition) is 1. The quantitative estimate of drug-likeness (QED) is 0.638. The second-order valence-electron chi connectivity index (χ2n) is 8.42. The van der Waals surface area contributed by atoms with Crippen LogP contribution in [0.4, 0.5) is 0 Å². The van der Waals surface area contributed by atoms with Crippen molar-refractivity contribution in [3.05, 3.63) is 46.8 Å². The molecule has 1 aromatic heterocycles.